The minimum Gasteiger partial charge on any atom is -0.362 e. The van der Waals surface area contributed by atoms with Crippen LogP contribution in [-0.2, 0) is 14.8 Å². The molecule has 3 rings (SSSR count). The third-order valence-corrected chi connectivity index (χ3v) is 7.09. The second-order valence-electron chi connectivity index (χ2n) is 6.80. The van der Waals surface area contributed by atoms with Gasteiger partial charge in [-0.25, -0.2) is 12.7 Å². The fourth-order valence-corrected chi connectivity index (χ4v) is 4.77. The second-order valence-corrected chi connectivity index (χ2v) is 11.0. The first kappa shape index (κ1) is 22.7. The number of aryl methyl sites for hydroxylation is 2. The number of halogens is 3. The standard InChI is InChI=1S/C19H18Cl3N3O4S/c1-11-7-8-13(9-12(11)2)23-18(19(20,21)22)24-16(26)10-25-17(27)14-5-3-4-6-15(14)30(25,28)29/h3-9,18,23H,10H2,1-2H3,(H,24,26)/t18-/m1/s1. The maximum absolute atomic E-state index is 12.6. The Morgan fingerprint density at radius 2 is 1.77 bits per heavy atom. The number of hydrogen-bond acceptors (Lipinski definition) is 5. The van der Waals surface area contributed by atoms with E-state index < -0.39 is 38.3 Å². The van der Waals surface area contributed by atoms with Gasteiger partial charge in [-0.3, -0.25) is 9.59 Å². The number of alkyl halides is 3. The Morgan fingerprint density at radius 1 is 1.10 bits per heavy atom. The van der Waals surface area contributed by atoms with Crippen LogP contribution in [0.15, 0.2) is 47.4 Å². The molecule has 2 amide bonds. The van der Waals surface area contributed by atoms with Crippen LogP contribution < -0.4 is 10.6 Å². The molecule has 0 radical (unpaired) electrons. The number of carbonyl (C=O) groups excluding carboxylic acids is 2. The van der Waals surface area contributed by atoms with Crippen molar-refractivity contribution in [1.29, 1.82) is 0 Å². The molecule has 0 saturated carbocycles. The van der Waals surface area contributed by atoms with E-state index >= 15 is 0 Å². The zero-order valence-corrected chi connectivity index (χ0v) is 19.0. The zero-order valence-electron chi connectivity index (χ0n) is 15.9. The first-order valence-corrected chi connectivity index (χ1v) is 11.3. The maximum atomic E-state index is 12.6. The van der Waals surface area contributed by atoms with Gasteiger partial charge in [0.25, 0.3) is 15.9 Å². The van der Waals surface area contributed by atoms with Crippen molar-refractivity contribution in [2.24, 2.45) is 0 Å². The van der Waals surface area contributed by atoms with Crippen molar-refractivity contribution < 1.29 is 18.0 Å². The quantitative estimate of drug-likeness (QED) is 0.495. The molecule has 1 aliphatic rings. The van der Waals surface area contributed by atoms with Gasteiger partial charge >= 0.3 is 0 Å². The summed E-state index contributed by atoms with van der Waals surface area (Å²) in [5.74, 6) is -1.60. The largest absolute Gasteiger partial charge is 0.362 e. The molecule has 30 heavy (non-hydrogen) atoms. The lowest BCUT2D eigenvalue weighted by Gasteiger charge is -2.28. The highest BCUT2D eigenvalue weighted by Gasteiger charge is 2.42. The highest BCUT2D eigenvalue weighted by atomic mass is 35.6. The molecule has 0 fully saturated rings. The molecule has 0 bridgehead atoms. The molecule has 0 spiro atoms. The van der Waals surface area contributed by atoms with Crippen LogP contribution in [0.5, 0.6) is 0 Å². The molecule has 0 unspecified atom stereocenters. The van der Waals surface area contributed by atoms with Gasteiger partial charge in [0.1, 0.15) is 17.6 Å². The summed E-state index contributed by atoms with van der Waals surface area (Å²) in [6.07, 6.45) is -1.18. The fraction of sp³-hybridized carbons (Fsp3) is 0.263. The van der Waals surface area contributed by atoms with Crippen molar-refractivity contribution in [1.82, 2.24) is 9.62 Å². The molecule has 11 heteroatoms. The lowest BCUT2D eigenvalue weighted by molar-refractivity contribution is -0.121. The molecule has 2 N–H and O–H groups in total. The Labute approximate surface area is 189 Å². The van der Waals surface area contributed by atoms with Gasteiger partial charge in [-0.2, -0.15) is 0 Å². The van der Waals surface area contributed by atoms with Crippen LogP contribution in [0.1, 0.15) is 21.5 Å². The van der Waals surface area contributed by atoms with Gasteiger partial charge in [-0.05, 0) is 49.2 Å². The summed E-state index contributed by atoms with van der Waals surface area (Å²) in [6, 6.07) is 11.2. The summed E-state index contributed by atoms with van der Waals surface area (Å²) in [5.41, 5.74) is 2.65. The molecular formula is C19H18Cl3N3O4S. The molecule has 1 heterocycles. The van der Waals surface area contributed by atoms with E-state index in [-0.39, 0.29) is 10.5 Å². The average Bonchev–Trinajstić information content (AvgIpc) is 2.84. The molecular weight excluding hydrogens is 473 g/mol. The Morgan fingerprint density at radius 3 is 2.37 bits per heavy atom. The third kappa shape index (κ3) is 4.51. The van der Waals surface area contributed by atoms with Crippen LogP contribution in [0, 0.1) is 13.8 Å². The van der Waals surface area contributed by atoms with Crippen molar-refractivity contribution in [3.05, 3.63) is 59.2 Å². The lowest BCUT2D eigenvalue weighted by atomic mass is 10.1. The highest BCUT2D eigenvalue weighted by Crippen LogP contribution is 2.32. The van der Waals surface area contributed by atoms with E-state index in [0.717, 1.165) is 11.1 Å². The fourth-order valence-electron chi connectivity index (χ4n) is 2.92. The molecule has 0 aliphatic carbocycles. The molecule has 0 aromatic heterocycles. The van der Waals surface area contributed by atoms with Crippen molar-refractivity contribution in [3.8, 4) is 0 Å². The summed E-state index contributed by atoms with van der Waals surface area (Å²) in [5, 5.41) is 5.36. The monoisotopic (exact) mass is 489 g/mol. The van der Waals surface area contributed by atoms with Crippen LogP contribution in [0.25, 0.3) is 0 Å². The van der Waals surface area contributed by atoms with E-state index in [1.54, 1.807) is 12.1 Å². The number of carbonyl (C=O) groups is 2. The number of fused-ring (bicyclic) bond motifs is 1. The Hall–Kier alpha value is -2.00. The van der Waals surface area contributed by atoms with E-state index in [1.165, 1.54) is 18.2 Å². The number of hydrogen-bond donors (Lipinski definition) is 2. The number of benzene rings is 2. The van der Waals surface area contributed by atoms with Crippen LogP contribution in [0.2, 0.25) is 0 Å². The SMILES string of the molecule is Cc1ccc(N[C@H](NC(=O)CN2C(=O)c3ccccc3S2(=O)=O)C(Cl)(Cl)Cl)cc1C. The number of nitrogens with one attached hydrogen (secondary N) is 2. The van der Waals surface area contributed by atoms with Crippen LogP contribution in [0.3, 0.4) is 0 Å². The predicted octanol–water partition coefficient (Wildman–Crippen LogP) is 3.37. The summed E-state index contributed by atoms with van der Waals surface area (Å²) < 4.78 is 23.8. The van der Waals surface area contributed by atoms with Crippen molar-refractivity contribution in [2.45, 2.75) is 28.7 Å². The summed E-state index contributed by atoms with van der Waals surface area (Å²) in [4.78, 5) is 24.9. The van der Waals surface area contributed by atoms with Crippen molar-refractivity contribution in [3.63, 3.8) is 0 Å². The zero-order chi connectivity index (χ0) is 22.3. The molecule has 7 nitrogen and oxygen atoms in total. The van der Waals surface area contributed by atoms with Gasteiger partial charge in [0.2, 0.25) is 9.70 Å². The van der Waals surface area contributed by atoms with Crippen LogP contribution >= 0.6 is 34.8 Å². The first-order valence-electron chi connectivity index (χ1n) is 8.77. The van der Waals surface area contributed by atoms with E-state index in [1.807, 2.05) is 26.0 Å². The van der Waals surface area contributed by atoms with Gasteiger partial charge in [0.05, 0.1) is 5.56 Å². The number of amides is 2. The van der Waals surface area contributed by atoms with Crippen LogP contribution in [-0.4, -0.2) is 41.0 Å². The minimum atomic E-state index is -4.13. The van der Waals surface area contributed by atoms with Gasteiger partial charge in [0.15, 0.2) is 0 Å². The van der Waals surface area contributed by atoms with Gasteiger partial charge in [-0.1, -0.05) is 53.0 Å². The Balaban J connectivity index is 1.77. The number of nitrogens with zero attached hydrogens (tertiary/aromatic N) is 1. The van der Waals surface area contributed by atoms with E-state index in [9.17, 15) is 18.0 Å². The Kier molecular flexibility index (Phi) is 6.25. The van der Waals surface area contributed by atoms with Gasteiger partial charge in [0, 0.05) is 5.69 Å². The van der Waals surface area contributed by atoms with E-state index in [2.05, 4.69) is 10.6 Å². The third-order valence-electron chi connectivity index (χ3n) is 4.65. The second kappa shape index (κ2) is 8.26. The molecule has 2 aromatic rings. The molecule has 2 aromatic carbocycles. The summed E-state index contributed by atoms with van der Waals surface area (Å²) >= 11 is 18.0. The van der Waals surface area contributed by atoms with Gasteiger partial charge < -0.3 is 10.6 Å². The molecule has 160 valence electrons. The minimum absolute atomic E-state index is 0.0106. The highest BCUT2D eigenvalue weighted by molar-refractivity contribution is 7.90. The normalized spacial score (nSPS) is 16.2. The molecule has 1 aliphatic heterocycles. The Bertz CT molecular complexity index is 1120. The number of sulfonamides is 1. The number of anilines is 1. The van der Waals surface area contributed by atoms with Crippen LogP contribution in [0.4, 0.5) is 5.69 Å². The molecule has 1 atom stereocenters. The number of rotatable bonds is 5. The predicted molar refractivity (Wildman–Crippen MR) is 116 cm³/mol. The summed E-state index contributed by atoms with van der Waals surface area (Å²) in [6.45, 7) is 3.10. The smallest absolute Gasteiger partial charge is 0.269 e. The maximum Gasteiger partial charge on any atom is 0.269 e. The summed E-state index contributed by atoms with van der Waals surface area (Å²) in [7, 11) is -4.13. The van der Waals surface area contributed by atoms with Crippen molar-refractivity contribution in [2.75, 3.05) is 11.9 Å². The lowest BCUT2D eigenvalue weighted by Crippen LogP contribution is -2.52. The van der Waals surface area contributed by atoms with E-state index in [0.29, 0.717) is 9.99 Å². The van der Waals surface area contributed by atoms with Gasteiger partial charge in [-0.15, -0.1) is 0 Å². The van der Waals surface area contributed by atoms with Crippen molar-refractivity contribution >= 4 is 62.3 Å². The topological polar surface area (TPSA) is 95.6 Å². The van der Waals surface area contributed by atoms with E-state index in [4.69, 9.17) is 34.8 Å². The first-order chi connectivity index (χ1) is 13.9. The molecule has 0 saturated heterocycles. The average molecular weight is 491 g/mol.